The van der Waals surface area contributed by atoms with Gasteiger partial charge in [0, 0.05) is 89.0 Å². The zero-order valence-electron chi connectivity index (χ0n) is 22.3. The highest BCUT2D eigenvalue weighted by Crippen LogP contribution is 2.33. The zero-order chi connectivity index (χ0) is 27.1. The molecule has 2 heterocycles. The van der Waals surface area contributed by atoms with Crippen molar-refractivity contribution in [3.63, 3.8) is 0 Å². The second kappa shape index (κ2) is 12.7. The van der Waals surface area contributed by atoms with Crippen LogP contribution in [0.5, 0.6) is 23.0 Å². The zero-order valence-corrected chi connectivity index (χ0v) is 22.3. The lowest BCUT2D eigenvalue weighted by Gasteiger charge is -2.37. The van der Waals surface area contributed by atoms with Crippen molar-refractivity contribution in [2.45, 2.75) is 25.4 Å². The summed E-state index contributed by atoms with van der Waals surface area (Å²) in [4.78, 5) is 30.0. The van der Waals surface area contributed by atoms with Gasteiger partial charge in [-0.1, -0.05) is 0 Å². The number of amides is 1. The van der Waals surface area contributed by atoms with E-state index < -0.39 is 4.92 Å². The Balaban J connectivity index is 1.18. The molecule has 1 amide bonds. The average Bonchev–Trinajstić information content (AvgIpc) is 2.96. The molecule has 0 N–H and O–H groups in total. The van der Waals surface area contributed by atoms with Crippen LogP contribution in [0.2, 0.25) is 0 Å². The molecule has 2 aromatic carbocycles. The normalized spacial score (nSPS) is 16.7. The lowest BCUT2D eigenvalue weighted by Crippen LogP contribution is -2.48. The minimum Gasteiger partial charge on any atom is -0.493 e. The maximum absolute atomic E-state index is 12.8. The van der Waals surface area contributed by atoms with Gasteiger partial charge in [-0.05, 0) is 18.2 Å². The number of anilines is 1. The number of hydrogen-bond acceptors (Lipinski definition) is 9. The van der Waals surface area contributed by atoms with Crippen molar-refractivity contribution in [2.24, 2.45) is 0 Å². The molecule has 0 spiro atoms. The van der Waals surface area contributed by atoms with Crippen molar-refractivity contribution in [1.29, 1.82) is 0 Å². The van der Waals surface area contributed by atoms with Gasteiger partial charge in [0.15, 0.2) is 11.5 Å². The molecule has 0 bridgehead atoms. The average molecular weight is 529 g/mol. The lowest BCUT2D eigenvalue weighted by atomic mass is 10.1. The summed E-state index contributed by atoms with van der Waals surface area (Å²) in [5.74, 6) is 2.31. The van der Waals surface area contributed by atoms with Crippen molar-refractivity contribution in [1.82, 2.24) is 9.80 Å². The number of rotatable bonds is 10. The number of piperidine rings is 1. The highest BCUT2D eigenvalue weighted by atomic mass is 16.6. The molecule has 206 valence electrons. The molecule has 38 heavy (non-hydrogen) atoms. The van der Waals surface area contributed by atoms with Crippen molar-refractivity contribution >= 4 is 17.3 Å². The molecule has 0 aromatic heterocycles. The van der Waals surface area contributed by atoms with Crippen LogP contribution in [0.25, 0.3) is 0 Å². The minimum atomic E-state index is -0.481. The molecule has 0 atom stereocenters. The Morgan fingerprint density at radius 1 is 0.895 bits per heavy atom. The number of methoxy groups -OCH3 is 3. The fourth-order valence-electron chi connectivity index (χ4n) is 4.96. The lowest BCUT2D eigenvalue weighted by molar-refractivity contribution is -0.385. The van der Waals surface area contributed by atoms with E-state index in [2.05, 4.69) is 9.80 Å². The summed E-state index contributed by atoms with van der Waals surface area (Å²) in [6, 6.07) is 10.5. The molecule has 11 nitrogen and oxygen atoms in total. The maximum atomic E-state index is 12.8. The van der Waals surface area contributed by atoms with Crippen LogP contribution >= 0.6 is 0 Å². The van der Waals surface area contributed by atoms with E-state index in [0.717, 1.165) is 62.8 Å². The summed E-state index contributed by atoms with van der Waals surface area (Å²) in [5, 5.41) is 11.1. The largest absolute Gasteiger partial charge is 0.493 e. The highest BCUT2D eigenvalue weighted by Gasteiger charge is 2.26. The summed E-state index contributed by atoms with van der Waals surface area (Å²) < 4.78 is 21.9. The second-order valence-electron chi connectivity index (χ2n) is 9.41. The van der Waals surface area contributed by atoms with E-state index in [4.69, 9.17) is 18.9 Å². The predicted octanol–water partition coefficient (Wildman–Crippen LogP) is 3.20. The molecule has 2 fully saturated rings. The number of hydrogen-bond donors (Lipinski definition) is 0. The van der Waals surface area contributed by atoms with Gasteiger partial charge in [0.2, 0.25) is 11.7 Å². The SMILES string of the molecule is COc1ccc(N2CCN(CCC(=O)N3CCC(Oc4ccc([N+](=O)[O-])c(OC)c4)CC3)CC2)cc1OC. The third-order valence-corrected chi connectivity index (χ3v) is 7.19. The first-order valence-corrected chi connectivity index (χ1v) is 12.9. The third kappa shape index (κ3) is 6.58. The Morgan fingerprint density at radius 2 is 1.58 bits per heavy atom. The molecule has 11 heteroatoms. The molecular formula is C27H36N4O7. The second-order valence-corrected chi connectivity index (χ2v) is 9.41. The van der Waals surface area contributed by atoms with Crippen LogP contribution in [0.4, 0.5) is 11.4 Å². The standard InChI is InChI=1S/C27H36N4O7/c1-35-24-7-4-20(18-26(24)37-3)29-16-14-28(15-17-29)11-10-27(32)30-12-8-21(9-13-30)38-22-5-6-23(31(33)34)25(19-22)36-2/h4-7,18-19,21H,8-17H2,1-3H3. The number of carbonyl (C=O) groups excluding carboxylic acids is 1. The summed E-state index contributed by atoms with van der Waals surface area (Å²) in [6.07, 6.45) is 1.89. The summed E-state index contributed by atoms with van der Waals surface area (Å²) in [7, 11) is 4.67. The van der Waals surface area contributed by atoms with Crippen LogP contribution in [-0.4, -0.2) is 93.9 Å². The number of ether oxygens (including phenoxy) is 4. The summed E-state index contributed by atoms with van der Waals surface area (Å²) >= 11 is 0. The van der Waals surface area contributed by atoms with Crippen molar-refractivity contribution in [2.75, 3.05) is 72.0 Å². The molecule has 0 aliphatic carbocycles. The highest BCUT2D eigenvalue weighted by molar-refractivity contribution is 5.76. The van der Waals surface area contributed by atoms with Gasteiger partial charge in [0.1, 0.15) is 11.9 Å². The Kier molecular flexibility index (Phi) is 9.11. The van der Waals surface area contributed by atoms with Crippen molar-refractivity contribution in [3.05, 3.63) is 46.5 Å². The van der Waals surface area contributed by atoms with Crippen LogP contribution in [0.15, 0.2) is 36.4 Å². The van der Waals surface area contributed by atoms with Crippen molar-refractivity contribution in [3.8, 4) is 23.0 Å². The number of nitro groups is 1. The van der Waals surface area contributed by atoms with Gasteiger partial charge in [-0.15, -0.1) is 0 Å². The molecule has 2 saturated heterocycles. The van der Waals surface area contributed by atoms with Crippen LogP contribution in [0.3, 0.4) is 0 Å². The maximum Gasteiger partial charge on any atom is 0.311 e. The Labute approximate surface area is 222 Å². The number of carbonyl (C=O) groups is 1. The number of nitro benzene ring substituents is 1. The van der Waals surface area contributed by atoms with Crippen LogP contribution in [-0.2, 0) is 4.79 Å². The van der Waals surface area contributed by atoms with Crippen LogP contribution in [0, 0.1) is 10.1 Å². The van der Waals surface area contributed by atoms with Gasteiger partial charge in [0.25, 0.3) is 0 Å². The van der Waals surface area contributed by atoms with Gasteiger partial charge in [-0.3, -0.25) is 19.8 Å². The molecule has 2 aliphatic heterocycles. The molecule has 0 radical (unpaired) electrons. The fraction of sp³-hybridized carbons (Fsp3) is 0.519. The van der Waals surface area contributed by atoms with E-state index >= 15 is 0 Å². The van der Waals surface area contributed by atoms with Gasteiger partial charge in [0.05, 0.1) is 26.3 Å². The van der Waals surface area contributed by atoms with E-state index in [0.29, 0.717) is 25.3 Å². The third-order valence-electron chi connectivity index (χ3n) is 7.19. The van der Waals surface area contributed by atoms with Crippen LogP contribution < -0.4 is 23.8 Å². The molecular weight excluding hydrogens is 492 g/mol. The van der Waals surface area contributed by atoms with E-state index in [1.165, 1.54) is 13.2 Å². The Hall–Kier alpha value is -3.73. The van der Waals surface area contributed by atoms with Gasteiger partial charge >= 0.3 is 5.69 Å². The van der Waals surface area contributed by atoms with Gasteiger partial charge < -0.3 is 28.7 Å². The van der Waals surface area contributed by atoms with Crippen molar-refractivity contribution < 1.29 is 28.7 Å². The van der Waals surface area contributed by atoms with Gasteiger partial charge in [-0.25, -0.2) is 0 Å². The summed E-state index contributed by atoms with van der Waals surface area (Å²) in [6.45, 7) is 5.60. The number of likely N-dealkylation sites (tertiary alicyclic amines) is 1. The van der Waals surface area contributed by atoms with Gasteiger partial charge in [-0.2, -0.15) is 0 Å². The topological polar surface area (TPSA) is 107 Å². The van der Waals surface area contributed by atoms with E-state index in [1.807, 2.05) is 23.1 Å². The van der Waals surface area contributed by atoms with E-state index in [9.17, 15) is 14.9 Å². The Morgan fingerprint density at radius 3 is 2.21 bits per heavy atom. The first kappa shape index (κ1) is 27.3. The molecule has 0 saturated carbocycles. The number of nitrogens with zero attached hydrogens (tertiary/aromatic N) is 4. The molecule has 2 aromatic rings. The predicted molar refractivity (Wildman–Crippen MR) is 143 cm³/mol. The number of piperazine rings is 1. The Bertz CT molecular complexity index is 1110. The molecule has 0 unspecified atom stereocenters. The smallest absolute Gasteiger partial charge is 0.311 e. The fourth-order valence-corrected chi connectivity index (χ4v) is 4.96. The monoisotopic (exact) mass is 528 g/mol. The van der Waals surface area contributed by atoms with Crippen LogP contribution in [0.1, 0.15) is 19.3 Å². The first-order chi connectivity index (χ1) is 18.4. The first-order valence-electron chi connectivity index (χ1n) is 12.9. The quantitative estimate of drug-likeness (QED) is 0.339. The summed E-state index contributed by atoms with van der Waals surface area (Å²) in [5.41, 5.74) is 1.01. The van der Waals surface area contributed by atoms with E-state index in [-0.39, 0.29) is 23.4 Å². The number of benzene rings is 2. The minimum absolute atomic E-state index is 0.0464. The van der Waals surface area contributed by atoms with E-state index in [1.54, 1.807) is 26.4 Å². The molecule has 2 aliphatic rings. The molecule has 4 rings (SSSR count).